The maximum Gasteiger partial charge on any atom is 0.0951 e. The molecule has 5 heteroatoms. The van der Waals surface area contributed by atoms with E-state index in [1.54, 1.807) is 6.20 Å². The van der Waals surface area contributed by atoms with Gasteiger partial charge in [0.05, 0.1) is 16.4 Å². The predicted octanol–water partition coefficient (Wildman–Crippen LogP) is 2.93. The SMILES string of the molecule is Cc1[nH]nc(CN(Cc2cccnc2)C2CC2)c1Cl. The lowest BCUT2D eigenvalue weighted by atomic mass is 10.2. The van der Waals surface area contributed by atoms with Crippen LogP contribution in [0.2, 0.25) is 5.02 Å². The molecule has 0 radical (unpaired) electrons. The van der Waals surface area contributed by atoms with E-state index in [9.17, 15) is 0 Å². The van der Waals surface area contributed by atoms with Crippen LogP contribution in [0.15, 0.2) is 24.5 Å². The van der Waals surface area contributed by atoms with Crippen LogP contribution in [-0.2, 0) is 13.1 Å². The summed E-state index contributed by atoms with van der Waals surface area (Å²) in [4.78, 5) is 6.60. The molecule has 0 spiro atoms. The number of aryl methyl sites for hydroxylation is 1. The van der Waals surface area contributed by atoms with E-state index in [0.29, 0.717) is 6.04 Å². The number of H-pyrrole nitrogens is 1. The third kappa shape index (κ3) is 2.96. The first-order chi connectivity index (χ1) is 9.24. The number of pyridine rings is 1. The molecule has 2 heterocycles. The number of hydrogen-bond donors (Lipinski definition) is 1. The van der Waals surface area contributed by atoms with Crippen LogP contribution < -0.4 is 0 Å². The lowest BCUT2D eigenvalue weighted by Crippen LogP contribution is -2.25. The molecule has 1 aliphatic rings. The number of nitrogens with one attached hydrogen (secondary N) is 1. The fourth-order valence-electron chi connectivity index (χ4n) is 2.24. The zero-order chi connectivity index (χ0) is 13.2. The summed E-state index contributed by atoms with van der Waals surface area (Å²) in [6.07, 6.45) is 6.26. The standard InChI is InChI=1S/C14H17ClN4/c1-10-14(15)13(18-17-10)9-19(12-4-5-12)8-11-3-2-6-16-7-11/h2-3,6-7,12H,4-5,8-9H2,1H3,(H,17,18). The topological polar surface area (TPSA) is 44.8 Å². The number of aromatic amines is 1. The first kappa shape index (κ1) is 12.6. The second kappa shape index (κ2) is 5.31. The molecule has 0 unspecified atom stereocenters. The Hall–Kier alpha value is -1.39. The van der Waals surface area contributed by atoms with Crippen LogP contribution in [0.5, 0.6) is 0 Å². The van der Waals surface area contributed by atoms with Gasteiger partial charge in [0.15, 0.2) is 0 Å². The number of rotatable bonds is 5. The van der Waals surface area contributed by atoms with Gasteiger partial charge in [-0.1, -0.05) is 17.7 Å². The summed E-state index contributed by atoms with van der Waals surface area (Å²) in [6.45, 7) is 3.64. The average Bonchev–Trinajstić information content (AvgIpc) is 3.22. The number of hydrogen-bond acceptors (Lipinski definition) is 3. The van der Waals surface area contributed by atoms with E-state index in [1.165, 1.54) is 18.4 Å². The van der Waals surface area contributed by atoms with E-state index in [-0.39, 0.29) is 0 Å². The lowest BCUT2D eigenvalue weighted by molar-refractivity contribution is 0.242. The van der Waals surface area contributed by atoms with Gasteiger partial charge in [0.2, 0.25) is 0 Å². The minimum absolute atomic E-state index is 0.660. The Morgan fingerprint density at radius 3 is 2.84 bits per heavy atom. The van der Waals surface area contributed by atoms with Crippen molar-refractivity contribution >= 4 is 11.6 Å². The van der Waals surface area contributed by atoms with Crippen LogP contribution in [0.3, 0.4) is 0 Å². The maximum absolute atomic E-state index is 6.25. The Labute approximate surface area is 117 Å². The van der Waals surface area contributed by atoms with E-state index < -0.39 is 0 Å². The monoisotopic (exact) mass is 276 g/mol. The summed E-state index contributed by atoms with van der Waals surface area (Å²) in [6, 6.07) is 4.75. The van der Waals surface area contributed by atoms with Gasteiger partial charge in [-0.3, -0.25) is 15.0 Å². The molecule has 2 aromatic heterocycles. The van der Waals surface area contributed by atoms with Crippen molar-refractivity contribution in [1.82, 2.24) is 20.1 Å². The third-order valence-electron chi connectivity index (χ3n) is 3.47. The van der Waals surface area contributed by atoms with Crippen molar-refractivity contribution in [3.8, 4) is 0 Å². The molecule has 3 rings (SSSR count). The second-order valence-corrected chi connectivity index (χ2v) is 5.48. The Kier molecular flexibility index (Phi) is 3.53. The summed E-state index contributed by atoms with van der Waals surface area (Å²) in [5.74, 6) is 0. The van der Waals surface area contributed by atoms with E-state index >= 15 is 0 Å². The third-order valence-corrected chi connectivity index (χ3v) is 3.97. The number of halogens is 1. The highest BCUT2D eigenvalue weighted by Crippen LogP contribution is 2.31. The molecule has 0 amide bonds. The van der Waals surface area contributed by atoms with Crippen molar-refractivity contribution in [1.29, 1.82) is 0 Å². The molecule has 1 saturated carbocycles. The van der Waals surface area contributed by atoms with Gasteiger partial charge in [-0.15, -0.1) is 0 Å². The van der Waals surface area contributed by atoms with Gasteiger partial charge in [0.25, 0.3) is 0 Å². The highest BCUT2D eigenvalue weighted by molar-refractivity contribution is 6.31. The molecule has 100 valence electrons. The summed E-state index contributed by atoms with van der Waals surface area (Å²) >= 11 is 6.25. The molecule has 0 bridgehead atoms. The van der Waals surface area contributed by atoms with Crippen LogP contribution >= 0.6 is 11.6 Å². The molecule has 1 fully saturated rings. The molecular formula is C14H17ClN4. The normalized spacial score (nSPS) is 15.1. The van der Waals surface area contributed by atoms with Gasteiger partial charge in [0.1, 0.15) is 0 Å². The quantitative estimate of drug-likeness (QED) is 0.913. The lowest BCUT2D eigenvalue weighted by Gasteiger charge is -2.20. The molecule has 19 heavy (non-hydrogen) atoms. The van der Waals surface area contributed by atoms with E-state index in [4.69, 9.17) is 11.6 Å². The Balaban J connectivity index is 1.73. The molecule has 0 aromatic carbocycles. The Bertz CT molecular complexity index is 548. The van der Waals surface area contributed by atoms with Crippen LogP contribution in [0, 0.1) is 6.92 Å². The van der Waals surface area contributed by atoms with Gasteiger partial charge in [0, 0.05) is 31.5 Å². The molecule has 2 aromatic rings. The van der Waals surface area contributed by atoms with Crippen molar-refractivity contribution in [2.24, 2.45) is 0 Å². The largest absolute Gasteiger partial charge is 0.290 e. The molecule has 1 N–H and O–H groups in total. The van der Waals surface area contributed by atoms with Gasteiger partial charge in [-0.25, -0.2) is 0 Å². The molecule has 4 nitrogen and oxygen atoms in total. The van der Waals surface area contributed by atoms with Gasteiger partial charge >= 0.3 is 0 Å². The molecule has 0 atom stereocenters. The van der Waals surface area contributed by atoms with Crippen LogP contribution in [0.4, 0.5) is 0 Å². The fourth-order valence-corrected chi connectivity index (χ4v) is 2.39. The zero-order valence-electron chi connectivity index (χ0n) is 10.9. The van der Waals surface area contributed by atoms with Crippen molar-refractivity contribution in [2.45, 2.75) is 38.9 Å². The Morgan fingerprint density at radius 2 is 2.26 bits per heavy atom. The minimum atomic E-state index is 0.660. The second-order valence-electron chi connectivity index (χ2n) is 5.11. The Morgan fingerprint density at radius 1 is 1.42 bits per heavy atom. The van der Waals surface area contributed by atoms with Crippen molar-refractivity contribution in [3.63, 3.8) is 0 Å². The average molecular weight is 277 g/mol. The molecular weight excluding hydrogens is 260 g/mol. The molecule has 0 aliphatic heterocycles. The first-order valence-corrected chi connectivity index (χ1v) is 6.94. The summed E-state index contributed by atoms with van der Waals surface area (Å²) in [7, 11) is 0. The summed E-state index contributed by atoms with van der Waals surface area (Å²) in [5.41, 5.74) is 3.11. The van der Waals surface area contributed by atoms with Crippen molar-refractivity contribution < 1.29 is 0 Å². The predicted molar refractivity (Wildman–Crippen MR) is 74.8 cm³/mol. The van der Waals surface area contributed by atoms with Gasteiger partial charge < -0.3 is 0 Å². The van der Waals surface area contributed by atoms with Crippen molar-refractivity contribution in [2.75, 3.05) is 0 Å². The molecule has 1 aliphatic carbocycles. The van der Waals surface area contributed by atoms with E-state index in [0.717, 1.165) is 29.5 Å². The van der Waals surface area contributed by atoms with Crippen LogP contribution in [0.25, 0.3) is 0 Å². The van der Waals surface area contributed by atoms with Gasteiger partial charge in [-0.2, -0.15) is 5.10 Å². The van der Waals surface area contributed by atoms with Crippen LogP contribution in [0.1, 0.15) is 29.8 Å². The highest BCUT2D eigenvalue weighted by atomic mass is 35.5. The van der Waals surface area contributed by atoms with Gasteiger partial charge in [-0.05, 0) is 31.4 Å². The van der Waals surface area contributed by atoms with E-state index in [1.807, 2.05) is 19.2 Å². The summed E-state index contributed by atoms with van der Waals surface area (Å²) in [5, 5.41) is 8.00. The zero-order valence-corrected chi connectivity index (χ0v) is 11.7. The summed E-state index contributed by atoms with van der Waals surface area (Å²) < 4.78 is 0. The minimum Gasteiger partial charge on any atom is -0.290 e. The van der Waals surface area contributed by atoms with Crippen molar-refractivity contribution in [3.05, 3.63) is 46.5 Å². The van der Waals surface area contributed by atoms with E-state index in [2.05, 4.69) is 26.1 Å². The highest BCUT2D eigenvalue weighted by Gasteiger charge is 2.30. The van der Waals surface area contributed by atoms with Crippen LogP contribution in [-0.4, -0.2) is 26.1 Å². The smallest absolute Gasteiger partial charge is 0.0951 e. The molecule has 0 saturated heterocycles. The first-order valence-electron chi connectivity index (χ1n) is 6.56. The number of nitrogens with zero attached hydrogens (tertiary/aromatic N) is 3. The maximum atomic E-state index is 6.25. The fraction of sp³-hybridized carbons (Fsp3) is 0.429. The number of aromatic nitrogens is 3.